The molecule has 4 heteroatoms. The third kappa shape index (κ3) is 3.35. The van der Waals surface area contributed by atoms with E-state index in [1.807, 2.05) is 46.0 Å². The second kappa shape index (κ2) is 6.33. The predicted molar refractivity (Wildman–Crippen MR) is 81.5 cm³/mol. The van der Waals surface area contributed by atoms with E-state index < -0.39 is 0 Å². The van der Waals surface area contributed by atoms with Crippen LogP contribution >= 0.6 is 11.6 Å². The lowest BCUT2D eigenvalue weighted by Crippen LogP contribution is -2.04. The van der Waals surface area contributed by atoms with Gasteiger partial charge in [-0.3, -0.25) is 0 Å². The van der Waals surface area contributed by atoms with Gasteiger partial charge in [-0.2, -0.15) is 0 Å². The summed E-state index contributed by atoms with van der Waals surface area (Å²) >= 11 is 6.02. The van der Waals surface area contributed by atoms with Gasteiger partial charge in [-0.05, 0) is 57.1 Å². The molecule has 2 rings (SSSR count). The molecule has 0 aliphatic heterocycles. The Bertz CT molecular complexity index is 582. The molecule has 20 heavy (non-hydrogen) atoms. The van der Waals surface area contributed by atoms with Gasteiger partial charge in [0.1, 0.15) is 23.9 Å². The largest absolute Gasteiger partial charge is 0.485 e. The summed E-state index contributed by atoms with van der Waals surface area (Å²) < 4.78 is 11.6. The first-order chi connectivity index (χ1) is 9.51. The molecule has 0 spiro atoms. The molecule has 0 fully saturated rings. The number of rotatable bonds is 5. The number of furan rings is 1. The highest BCUT2D eigenvalue weighted by atomic mass is 35.5. The number of benzene rings is 1. The number of aryl methyl sites for hydroxylation is 3. The highest BCUT2D eigenvalue weighted by molar-refractivity contribution is 6.30. The molecule has 0 unspecified atom stereocenters. The second-order valence-corrected chi connectivity index (χ2v) is 5.42. The fourth-order valence-electron chi connectivity index (χ4n) is 2.29. The minimum absolute atomic E-state index is 0.424. The van der Waals surface area contributed by atoms with Crippen LogP contribution in [0, 0.1) is 20.8 Å². The molecule has 0 amide bonds. The lowest BCUT2D eigenvalue weighted by Gasteiger charge is -2.11. The molecule has 0 saturated heterocycles. The summed E-state index contributed by atoms with van der Waals surface area (Å²) in [7, 11) is 1.92. The molecule has 1 aromatic carbocycles. The summed E-state index contributed by atoms with van der Waals surface area (Å²) in [6.45, 7) is 7.18. The van der Waals surface area contributed by atoms with Crippen molar-refractivity contribution >= 4 is 11.6 Å². The van der Waals surface area contributed by atoms with E-state index in [1.165, 1.54) is 0 Å². The Balaban J connectivity index is 2.11. The maximum absolute atomic E-state index is 6.02. The van der Waals surface area contributed by atoms with Gasteiger partial charge in [0.25, 0.3) is 0 Å². The molecule has 3 nitrogen and oxygen atoms in total. The topological polar surface area (TPSA) is 34.4 Å². The van der Waals surface area contributed by atoms with Gasteiger partial charge in [0.15, 0.2) is 0 Å². The molecule has 1 N–H and O–H groups in total. The molecule has 0 bridgehead atoms. The van der Waals surface area contributed by atoms with Gasteiger partial charge in [-0.1, -0.05) is 11.6 Å². The van der Waals surface area contributed by atoms with E-state index in [2.05, 4.69) is 5.32 Å². The van der Waals surface area contributed by atoms with E-state index in [1.54, 1.807) is 0 Å². The van der Waals surface area contributed by atoms with E-state index in [0.29, 0.717) is 6.61 Å². The van der Waals surface area contributed by atoms with Crippen LogP contribution in [0.1, 0.15) is 28.2 Å². The minimum Gasteiger partial charge on any atom is -0.485 e. The highest BCUT2D eigenvalue weighted by Gasteiger charge is 2.10. The third-order valence-electron chi connectivity index (χ3n) is 3.22. The van der Waals surface area contributed by atoms with Crippen LogP contribution in [0.5, 0.6) is 5.75 Å². The quantitative estimate of drug-likeness (QED) is 0.899. The van der Waals surface area contributed by atoms with Crippen molar-refractivity contribution in [3.8, 4) is 5.75 Å². The average Bonchev–Trinajstić information content (AvgIpc) is 2.69. The van der Waals surface area contributed by atoms with Crippen molar-refractivity contribution in [2.24, 2.45) is 0 Å². The van der Waals surface area contributed by atoms with Crippen molar-refractivity contribution in [1.82, 2.24) is 5.32 Å². The summed E-state index contributed by atoms with van der Waals surface area (Å²) in [5, 5.41) is 3.85. The molecule has 108 valence electrons. The number of hydrogen-bond acceptors (Lipinski definition) is 3. The number of halogens is 1. The summed E-state index contributed by atoms with van der Waals surface area (Å²) in [6.07, 6.45) is 0. The van der Waals surface area contributed by atoms with Gasteiger partial charge < -0.3 is 14.5 Å². The van der Waals surface area contributed by atoms with Crippen molar-refractivity contribution in [1.29, 1.82) is 0 Å². The molecule has 0 saturated carbocycles. The van der Waals surface area contributed by atoms with Crippen LogP contribution in [0.15, 0.2) is 22.6 Å². The average molecular weight is 294 g/mol. The molecule has 1 aromatic heterocycles. The van der Waals surface area contributed by atoms with Crippen molar-refractivity contribution in [3.05, 3.63) is 51.4 Å². The van der Waals surface area contributed by atoms with Gasteiger partial charge in [0.05, 0.1) is 0 Å². The molecular formula is C16H20ClNO2. The van der Waals surface area contributed by atoms with E-state index in [9.17, 15) is 0 Å². The first kappa shape index (κ1) is 14.9. The predicted octanol–water partition coefficient (Wildman–Crippen LogP) is 4.16. The highest BCUT2D eigenvalue weighted by Crippen LogP contribution is 2.28. The smallest absolute Gasteiger partial charge is 0.146 e. The Labute approximate surface area is 124 Å². The number of nitrogens with one attached hydrogen (secondary N) is 1. The molecule has 1 heterocycles. The molecular weight excluding hydrogens is 274 g/mol. The van der Waals surface area contributed by atoms with E-state index >= 15 is 0 Å². The summed E-state index contributed by atoms with van der Waals surface area (Å²) in [5.74, 6) is 2.64. The fraction of sp³-hybridized carbons (Fsp3) is 0.375. The zero-order valence-electron chi connectivity index (χ0n) is 12.3. The normalized spacial score (nSPS) is 10.8. The standard InChI is InChI=1S/C16H20ClNO2/c1-10-5-14(17)6-11(2)16(10)19-9-15-7-13(8-18-4)12(3)20-15/h5-7,18H,8-9H2,1-4H3. The second-order valence-electron chi connectivity index (χ2n) is 4.98. The van der Waals surface area contributed by atoms with Gasteiger partial charge in [-0.15, -0.1) is 0 Å². The molecule has 2 aromatic rings. The Hall–Kier alpha value is -1.45. The van der Waals surface area contributed by atoms with Crippen LogP contribution in [0.2, 0.25) is 5.02 Å². The van der Waals surface area contributed by atoms with Crippen LogP contribution in [0.25, 0.3) is 0 Å². The number of ether oxygens (including phenoxy) is 1. The first-order valence-electron chi connectivity index (χ1n) is 6.63. The summed E-state index contributed by atoms with van der Waals surface area (Å²) in [6, 6.07) is 5.85. The maximum Gasteiger partial charge on any atom is 0.146 e. The first-order valence-corrected chi connectivity index (χ1v) is 7.01. The van der Waals surface area contributed by atoms with Crippen LogP contribution in [0.4, 0.5) is 0 Å². The minimum atomic E-state index is 0.424. The SMILES string of the molecule is CNCc1cc(COc2c(C)cc(Cl)cc2C)oc1C. The molecule has 0 atom stereocenters. The van der Waals surface area contributed by atoms with Gasteiger partial charge >= 0.3 is 0 Å². The van der Waals surface area contributed by atoms with Crippen molar-refractivity contribution in [3.63, 3.8) is 0 Å². The van der Waals surface area contributed by atoms with E-state index in [4.69, 9.17) is 20.8 Å². The lowest BCUT2D eigenvalue weighted by atomic mass is 10.1. The van der Waals surface area contributed by atoms with Crippen molar-refractivity contribution in [2.75, 3.05) is 7.05 Å². The van der Waals surface area contributed by atoms with E-state index in [-0.39, 0.29) is 0 Å². The van der Waals surface area contributed by atoms with Crippen LogP contribution in [-0.4, -0.2) is 7.05 Å². The maximum atomic E-state index is 6.02. The number of hydrogen-bond donors (Lipinski definition) is 1. The Morgan fingerprint density at radius 2 is 1.80 bits per heavy atom. The summed E-state index contributed by atoms with van der Waals surface area (Å²) in [5.41, 5.74) is 3.23. The Morgan fingerprint density at radius 3 is 2.40 bits per heavy atom. The van der Waals surface area contributed by atoms with Crippen molar-refractivity contribution in [2.45, 2.75) is 33.9 Å². The molecule has 0 aliphatic carbocycles. The van der Waals surface area contributed by atoms with E-state index in [0.717, 1.165) is 45.5 Å². The van der Waals surface area contributed by atoms with Gasteiger partial charge in [-0.25, -0.2) is 0 Å². The monoisotopic (exact) mass is 293 g/mol. The Kier molecular flexibility index (Phi) is 4.73. The molecule has 0 radical (unpaired) electrons. The fourth-order valence-corrected chi connectivity index (χ4v) is 2.62. The zero-order chi connectivity index (χ0) is 14.7. The third-order valence-corrected chi connectivity index (χ3v) is 3.44. The molecule has 0 aliphatic rings. The van der Waals surface area contributed by atoms with Crippen LogP contribution in [0.3, 0.4) is 0 Å². The van der Waals surface area contributed by atoms with Gasteiger partial charge in [0.2, 0.25) is 0 Å². The van der Waals surface area contributed by atoms with Crippen LogP contribution < -0.4 is 10.1 Å². The Morgan fingerprint density at radius 1 is 1.15 bits per heavy atom. The van der Waals surface area contributed by atoms with Crippen LogP contribution in [-0.2, 0) is 13.2 Å². The van der Waals surface area contributed by atoms with Gasteiger partial charge in [0, 0.05) is 17.1 Å². The van der Waals surface area contributed by atoms with Crippen molar-refractivity contribution < 1.29 is 9.15 Å². The summed E-state index contributed by atoms with van der Waals surface area (Å²) in [4.78, 5) is 0. The zero-order valence-corrected chi connectivity index (χ0v) is 13.1. The lowest BCUT2D eigenvalue weighted by molar-refractivity contribution is 0.264.